The van der Waals surface area contributed by atoms with Gasteiger partial charge in [0.25, 0.3) is 0 Å². The molecule has 0 heterocycles. The molecular formula is C7H13NaO4. The van der Waals surface area contributed by atoms with E-state index in [0.717, 1.165) is 6.08 Å². The summed E-state index contributed by atoms with van der Waals surface area (Å²) >= 11 is 0. The van der Waals surface area contributed by atoms with Crippen molar-refractivity contribution < 1.29 is 51.1 Å². The van der Waals surface area contributed by atoms with Crippen molar-refractivity contribution in [3.05, 3.63) is 12.7 Å². The molecule has 66 valence electrons. The summed E-state index contributed by atoms with van der Waals surface area (Å²) in [7, 11) is 0. The maximum Gasteiger partial charge on any atom is 1.00 e. The first-order valence-corrected chi connectivity index (χ1v) is 3.28. The Kier molecular flexibility index (Phi) is 8.08. The van der Waals surface area contributed by atoms with Gasteiger partial charge in [-0.2, -0.15) is 0 Å². The third kappa shape index (κ3) is 8.23. The van der Waals surface area contributed by atoms with Gasteiger partial charge in [-0.15, -0.1) is 0 Å². The molecule has 0 fully saturated rings. The van der Waals surface area contributed by atoms with Crippen LogP contribution >= 0.6 is 0 Å². The van der Waals surface area contributed by atoms with Crippen molar-refractivity contribution in [2.24, 2.45) is 0 Å². The molecule has 0 atom stereocenters. The largest absolute Gasteiger partial charge is 1.00 e. The van der Waals surface area contributed by atoms with Crippen LogP contribution in [0.3, 0.4) is 0 Å². The molecule has 0 rings (SSSR count). The Morgan fingerprint density at radius 1 is 1.58 bits per heavy atom. The summed E-state index contributed by atoms with van der Waals surface area (Å²) in [5, 5.41) is 26.0. The minimum absolute atomic E-state index is 0. The molecule has 0 aliphatic heterocycles. The van der Waals surface area contributed by atoms with E-state index in [-0.39, 0.29) is 50.2 Å². The fourth-order valence-electron chi connectivity index (χ4n) is 0.602. The minimum atomic E-state index is -1.92. The summed E-state index contributed by atoms with van der Waals surface area (Å²) < 4.78 is 0. The normalized spacial score (nSPS) is 10.2. The van der Waals surface area contributed by atoms with E-state index < -0.39 is 11.8 Å². The zero-order valence-electron chi connectivity index (χ0n) is 8.16. The molecule has 0 amide bonds. The van der Waals surface area contributed by atoms with Crippen LogP contribution in [0.1, 0.15) is 20.7 Å². The first kappa shape index (κ1) is 14.6. The first-order chi connectivity index (χ1) is 4.98. The van der Waals surface area contributed by atoms with E-state index in [1.807, 2.05) is 0 Å². The van der Waals surface area contributed by atoms with Crippen molar-refractivity contribution in [2.75, 3.05) is 0 Å². The molecule has 3 N–H and O–H groups in total. The van der Waals surface area contributed by atoms with Crippen LogP contribution in [0.2, 0.25) is 0 Å². The summed E-state index contributed by atoms with van der Waals surface area (Å²) in [6.07, 6.45) is 1.16. The van der Waals surface area contributed by atoms with Gasteiger partial charge in [0, 0.05) is 12.8 Å². The maximum absolute atomic E-state index is 9.98. The van der Waals surface area contributed by atoms with Gasteiger partial charge >= 0.3 is 35.5 Å². The first-order valence-electron chi connectivity index (χ1n) is 3.28. The third-order valence-corrected chi connectivity index (χ3v) is 1.26. The van der Waals surface area contributed by atoms with Gasteiger partial charge in [-0.05, 0) is 12.5 Å². The Balaban J connectivity index is -0.000000500. The molecule has 0 saturated heterocycles. The summed E-state index contributed by atoms with van der Waals surface area (Å²) in [6, 6.07) is 0. The molecule has 0 saturated carbocycles. The molecule has 0 aromatic carbocycles. The molecular weight excluding hydrogens is 171 g/mol. The van der Waals surface area contributed by atoms with E-state index in [0.29, 0.717) is 0 Å². The molecule has 0 radical (unpaired) electrons. The molecule has 0 aliphatic carbocycles. The van der Waals surface area contributed by atoms with Crippen molar-refractivity contribution in [1.82, 2.24) is 0 Å². The summed E-state index contributed by atoms with van der Waals surface area (Å²) in [5.41, 5.74) is 0. The molecule has 0 unspecified atom stereocenters. The predicted octanol–water partition coefficient (Wildman–Crippen LogP) is -2.78. The van der Waals surface area contributed by atoms with Gasteiger partial charge in [0.2, 0.25) is 0 Å². The van der Waals surface area contributed by atoms with Crippen LogP contribution in [-0.2, 0) is 4.79 Å². The Bertz CT molecular complexity index is 161. The Hall–Kier alpha value is 0.130. The number of hydrogen-bond acceptors (Lipinski definition) is 3. The van der Waals surface area contributed by atoms with E-state index in [1.54, 1.807) is 0 Å². The quantitative estimate of drug-likeness (QED) is 0.245. The number of carboxylic acid groups (broad SMARTS) is 1. The van der Waals surface area contributed by atoms with Crippen molar-refractivity contribution >= 4 is 5.97 Å². The molecule has 0 spiro atoms. The van der Waals surface area contributed by atoms with Gasteiger partial charge in [-0.1, -0.05) is 6.58 Å². The van der Waals surface area contributed by atoms with Crippen LogP contribution in [-0.4, -0.2) is 27.1 Å². The van der Waals surface area contributed by atoms with Crippen LogP contribution in [0.5, 0.6) is 0 Å². The summed E-state index contributed by atoms with van der Waals surface area (Å²) in [4.78, 5) is 9.98. The van der Waals surface area contributed by atoms with Crippen LogP contribution in [0.15, 0.2) is 12.7 Å². The second-order valence-corrected chi connectivity index (χ2v) is 2.33. The van der Waals surface area contributed by atoms with Crippen LogP contribution in [0.25, 0.3) is 0 Å². The standard InChI is InChI=1S/C7H12O4.Na.H/c1-2-7(10,11)5-3-4-6(8)9;;/h2,10-11H,1,3-5H2,(H,8,9);;/q;+1;-1. The third-order valence-electron chi connectivity index (χ3n) is 1.26. The Morgan fingerprint density at radius 3 is 2.42 bits per heavy atom. The fourth-order valence-corrected chi connectivity index (χ4v) is 0.602. The minimum Gasteiger partial charge on any atom is -1.00 e. The van der Waals surface area contributed by atoms with Crippen LogP contribution in [0.4, 0.5) is 0 Å². The van der Waals surface area contributed by atoms with E-state index >= 15 is 0 Å². The van der Waals surface area contributed by atoms with Gasteiger partial charge in [-0.25, -0.2) is 0 Å². The van der Waals surface area contributed by atoms with Crippen LogP contribution in [0, 0.1) is 0 Å². The van der Waals surface area contributed by atoms with Gasteiger partial charge in [0.1, 0.15) is 0 Å². The van der Waals surface area contributed by atoms with Crippen molar-refractivity contribution in [3.63, 3.8) is 0 Å². The Labute approximate surface area is 94.7 Å². The van der Waals surface area contributed by atoms with Crippen LogP contribution < -0.4 is 29.6 Å². The average Bonchev–Trinajstić information content (AvgIpc) is 1.87. The van der Waals surface area contributed by atoms with Crippen molar-refractivity contribution in [2.45, 2.75) is 25.0 Å². The number of carbonyl (C=O) groups is 1. The second kappa shape index (κ2) is 6.62. The second-order valence-electron chi connectivity index (χ2n) is 2.33. The molecule has 0 bridgehead atoms. The van der Waals surface area contributed by atoms with Gasteiger partial charge in [0.05, 0.1) is 0 Å². The van der Waals surface area contributed by atoms with E-state index in [9.17, 15) is 4.79 Å². The van der Waals surface area contributed by atoms with Crippen molar-refractivity contribution in [1.29, 1.82) is 0 Å². The van der Waals surface area contributed by atoms with E-state index in [4.69, 9.17) is 15.3 Å². The number of aliphatic carboxylic acids is 1. The van der Waals surface area contributed by atoms with Gasteiger partial charge in [0.15, 0.2) is 5.79 Å². The van der Waals surface area contributed by atoms with Gasteiger partial charge < -0.3 is 16.7 Å². The molecule has 0 aliphatic rings. The van der Waals surface area contributed by atoms with E-state index in [2.05, 4.69) is 6.58 Å². The molecule has 0 aromatic heterocycles. The monoisotopic (exact) mass is 184 g/mol. The van der Waals surface area contributed by atoms with Crippen molar-refractivity contribution in [3.8, 4) is 0 Å². The SMILES string of the molecule is C=CC(O)(O)CCCC(=O)O.[H-].[Na+]. The molecule has 0 aromatic rings. The predicted molar refractivity (Wildman–Crippen MR) is 40.0 cm³/mol. The molecule has 12 heavy (non-hydrogen) atoms. The summed E-state index contributed by atoms with van der Waals surface area (Å²) in [6.45, 7) is 3.18. The number of aliphatic hydroxyl groups is 2. The Morgan fingerprint density at radius 2 is 2.08 bits per heavy atom. The molecule has 5 heteroatoms. The molecule has 4 nitrogen and oxygen atoms in total. The average molecular weight is 184 g/mol. The van der Waals surface area contributed by atoms with E-state index in [1.165, 1.54) is 0 Å². The topological polar surface area (TPSA) is 77.8 Å². The fraction of sp³-hybridized carbons (Fsp3) is 0.571. The maximum atomic E-state index is 9.98. The smallest absolute Gasteiger partial charge is 1.00 e. The number of rotatable bonds is 5. The zero-order valence-corrected chi connectivity index (χ0v) is 9.16. The number of hydrogen-bond donors (Lipinski definition) is 3. The number of carboxylic acids is 1. The van der Waals surface area contributed by atoms with Gasteiger partial charge in [-0.3, -0.25) is 4.79 Å². The zero-order chi connectivity index (χ0) is 8.91. The summed E-state index contributed by atoms with van der Waals surface area (Å²) in [5.74, 6) is -2.86.